The van der Waals surface area contributed by atoms with Gasteiger partial charge >= 0.3 is 0 Å². The molecule has 2 N–H and O–H groups in total. The Morgan fingerprint density at radius 3 is 2.60 bits per heavy atom. The molecule has 108 valence electrons. The Kier molecular flexibility index (Phi) is 4.01. The molecule has 1 heterocycles. The van der Waals surface area contributed by atoms with Gasteiger partial charge < -0.3 is 4.90 Å². The largest absolute Gasteiger partial charge is 0.330 e. The first kappa shape index (κ1) is 14.8. The van der Waals surface area contributed by atoms with Crippen LogP contribution in [0.4, 0.5) is 0 Å². The third-order valence-electron chi connectivity index (χ3n) is 4.02. The normalized spacial score (nSPS) is 23.8. The van der Waals surface area contributed by atoms with E-state index in [0.29, 0.717) is 18.0 Å². The zero-order valence-corrected chi connectivity index (χ0v) is 12.1. The topological polar surface area (TPSA) is 69.6 Å². The molecule has 2 amide bonds. The Morgan fingerprint density at radius 1 is 1.45 bits per heavy atom. The average molecular weight is 297 g/mol. The maximum atomic E-state index is 12.6. The monoisotopic (exact) mass is 296 g/mol. The van der Waals surface area contributed by atoms with E-state index in [1.54, 1.807) is 24.5 Å². The minimum Gasteiger partial charge on any atom is -0.330 e. The first-order chi connectivity index (χ1) is 9.40. The van der Waals surface area contributed by atoms with Crippen LogP contribution in [0.1, 0.15) is 25.8 Å². The van der Waals surface area contributed by atoms with Crippen molar-refractivity contribution in [3.05, 3.63) is 34.9 Å². The first-order valence-corrected chi connectivity index (χ1v) is 6.79. The van der Waals surface area contributed by atoms with E-state index in [2.05, 4.69) is 0 Å². The number of nitrogens with zero attached hydrogens (tertiary/aromatic N) is 1. The molecule has 1 fully saturated rings. The Morgan fingerprint density at radius 2 is 2.05 bits per heavy atom. The van der Waals surface area contributed by atoms with Gasteiger partial charge in [-0.3, -0.25) is 14.8 Å². The minimum atomic E-state index is -0.693. The van der Waals surface area contributed by atoms with E-state index in [1.165, 1.54) is 4.90 Å². The van der Waals surface area contributed by atoms with Crippen molar-refractivity contribution in [3.8, 4) is 0 Å². The second-order valence-corrected chi connectivity index (χ2v) is 5.68. The van der Waals surface area contributed by atoms with E-state index < -0.39 is 17.4 Å². The third-order valence-corrected chi connectivity index (χ3v) is 4.28. The van der Waals surface area contributed by atoms with Crippen molar-refractivity contribution in [1.82, 2.24) is 10.4 Å². The molecule has 0 unspecified atom stereocenters. The summed E-state index contributed by atoms with van der Waals surface area (Å²) < 4.78 is 0. The SMILES string of the molecule is C[C@H](C(=O)NO)N1CC[C@@](C)(c2ccc(Cl)cc2)C1=O. The van der Waals surface area contributed by atoms with Crippen molar-refractivity contribution in [2.24, 2.45) is 0 Å². The van der Waals surface area contributed by atoms with Gasteiger partial charge in [-0.1, -0.05) is 23.7 Å². The number of halogens is 1. The maximum Gasteiger partial charge on any atom is 0.265 e. The average Bonchev–Trinajstić information content (AvgIpc) is 2.75. The predicted molar refractivity (Wildman–Crippen MR) is 74.5 cm³/mol. The Labute approximate surface area is 122 Å². The van der Waals surface area contributed by atoms with E-state index in [4.69, 9.17) is 16.8 Å². The summed E-state index contributed by atoms with van der Waals surface area (Å²) in [6.45, 7) is 3.94. The van der Waals surface area contributed by atoms with Crippen LogP contribution in [0.5, 0.6) is 0 Å². The first-order valence-electron chi connectivity index (χ1n) is 6.41. The van der Waals surface area contributed by atoms with Gasteiger partial charge in [-0.25, -0.2) is 5.48 Å². The van der Waals surface area contributed by atoms with Gasteiger partial charge in [0.15, 0.2) is 0 Å². The van der Waals surface area contributed by atoms with Gasteiger partial charge in [-0.2, -0.15) is 0 Å². The van der Waals surface area contributed by atoms with Gasteiger partial charge in [0.25, 0.3) is 5.91 Å². The minimum absolute atomic E-state index is 0.115. The summed E-state index contributed by atoms with van der Waals surface area (Å²) >= 11 is 5.86. The van der Waals surface area contributed by atoms with E-state index in [9.17, 15) is 9.59 Å². The molecular formula is C14H17ClN2O3. The zero-order chi connectivity index (χ0) is 14.9. The quantitative estimate of drug-likeness (QED) is 0.659. The van der Waals surface area contributed by atoms with Crippen LogP contribution >= 0.6 is 11.6 Å². The van der Waals surface area contributed by atoms with Gasteiger partial charge in [0, 0.05) is 11.6 Å². The van der Waals surface area contributed by atoms with E-state index in [-0.39, 0.29) is 5.91 Å². The van der Waals surface area contributed by atoms with Crippen LogP contribution in [-0.4, -0.2) is 34.5 Å². The summed E-state index contributed by atoms with van der Waals surface area (Å²) in [5.74, 6) is -0.699. The number of hydrogen-bond donors (Lipinski definition) is 2. The molecule has 1 saturated heterocycles. The highest BCUT2D eigenvalue weighted by molar-refractivity contribution is 6.30. The van der Waals surface area contributed by atoms with E-state index in [1.807, 2.05) is 19.1 Å². The molecule has 0 radical (unpaired) electrons. The van der Waals surface area contributed by atoms with Crippen LogP contribution in [0.2, 0.25) is 5.02 Å². The molecule has 1 aromatic carbocycles. The summed E-state index contributed by atoms with van der Waals surface area (Å²) in [6, 6.07) is 6.48. The van der Waals surface area contributed by atoms with Gasteiger partial charge in [-0.15, -0.1) is 0 Å². The Balaban J connectivity index is 2.26. The molecule has 0 spiro atoms. The number of rotatable bonds is 3. The molecule has 2 atom stereocenters. The second-order valence-electron chi connectivity index (χ2n) is 5.24. The van der Waals surface area contributed by atoms with E-state index in [0.717, 1.165) is 5.56 Å². The molecular weight excluding hydrogens is 280 g/mol. The molecule has 0 aromatic heterocycles. The number of likely N-dealkylation sites (tertiary alicyclic amines) is 1. The Bertz CT molecular complexity index is 532. The van der Waals surface area contributed by atoms with Crippen LogP contribution in [0, 0.1) is 0 Å². The van der Waals surface area contributed by atoms with Crippen molar-refractivity contribution in [2.45, 2.75) is 31.7 Å². The number of hydroxylamine groups is 1. The van der Waals surface area contributed by atoms with Crippen molar-refractivity contribution < 1.29 is 14.8 Å². The van der Waals surface area contributed by atoms with Crippen molar-refractivity contribution in [3.63, 3.8) is 0 Å². The second kappa shape index (κ2) is 5.42. The van der Waals surface area contributed by atoms with Crippen LogP contribution in [-0.2, 0) is 15.0 Å². The van der Waals surface area contributed by atoms with E-state index >= 15 is 0 Å². The number of carbonyl (C=O) groups excluding carboxylic acids is 2. The smallest absolute Gasteiger partial charge is 0.265 e. The summed E-state index contributed by atoms with van der Waals surface area (Å²) in [4.78, 5) is 25.6. The van der Waals surface area contributed by atoms with Crippen molar-refractivity contribution in [2.75, 3.05) is 6.54 Å². The fraction of sp³-hybridized carbons (Fsp3) is 0.429. The number of hydrogen-bond acceptors (Lipinski definition) is 3. The lowest BCUT2D eigenvalue weighted by atomic mass is 9.81. The molecule has 1 aliphatic heterocycles. The molecule has 1 aliphatic rings. The standard InChI is InChI=1S/C14H17ClN2O3/c1-9(12(18)16-20)17-8-7-14(2,13(17)19)10-3-5-11(15)6-4-10/h3-6,9,20H,7-8H2,1-2H3,(H,16,18)/t9-,14+/m1/s1. The molecule has 6 heteroatoms. The number of nitrogens with one attached hydrogen (secondary N) is 1. The highest BCUT2D eigenvalue weighted by Crippen LogP contribution is 2.36. The van der Waals surface area contributed by atoms with Gasteiger partial charge in [0.1, 0.15) is 6.04 Å². The zero-order valence-electron chi connectivity index (χ0n) is 11.4. The summed E-state index contributed by atoms with van der Waals surface area (Å²) in [5, 5.41) is 9.30. The maximum absolute atomic E-state index is 12.6. The molecule has 0 aliphatic carbocycles. The van der Waals surface area contributed by atoms with Crippen LogP contribution in [0.3, 0.4) is 0 Å². The lowest BCUT2D eigenvalue weighted by molar-refractivity contribution is -0.143. The van der Waals surface area contributed by atoms with Crippen molar-refractivity contribution in [1.29, 1.82) is 0 Å². The molecule has 5 nitrogen and oxygen atoms in total. The van der Waals surface area contributed by atoms with Crippen molar-refractivity contribution >= 4 is 23.4 Å². The molecule has 20 heavy (non-hydrogen) atoms. The molecule has 1 aromatic rings. The Hall–Kier alpha value is -1.59. The highest BCUT2D eigenvalue weighted by Gasteiger charge is 2.46. The summed E-state index contributed by atoms with van der Waals surface area (Å²) in [6.07, 6.45) is 0.622. The fourth-order valence-electron chi connectivity index (χ4n) is 2.56. The van der Waals surface area contributed by atoms with Gasteiger partial charge in [-0.05, 0) is 38.0 Å². The highest BCUT2D eigenvalue weighted by atomic mass is 35.5. The summed E-state index contributed by atoms with van der Waals surface area (Å²) in [5.41, 5.74) is 1.81. The summed E-state index contributed by atoms with van der Waals surface area (Å²) in [7, 11) is 0. The van der Waals surface area contributed by atoms with Crippen LogP contribution in [0.15, 0.2) is 24.3 Å². The van der Waals surface area contributed by atoms with Gasteiger partial charge in [0.2, 0.25) is 5.91 Å². The van der Waals surface area contributed by atoms with Gasteiger partial charge in [0.05, 0.1) is 5.41 Å². The third kappa shape index (κ3) is 2.39. The lowest BCUT2D eigenvalue weighted by Crippen LogP contribution is -2.47. The molecule has 0 saturated carbocycles. The predicted octanol–water partition coefficient (Wildman–Crippen LogP) is 1.72. The molecule has 0 bridgehead atoms. The number of amides is 2. The van der Waals surface area contributed by atoms with Crippen LogP contribution < -0.4 is 5.48 Å². The van der Waals surface area contributed by atoms with Crippen LogP contribution in [0.25, 0.3) is 0 Å². The number of benzene rings is 1. The fourth-order valence-corrected chi connectivity index (χ4v) is 2.69. The lowest BCUT2D eigenvalue weighted by Gasteiger charge is -2.27. The number of carbonyl (C=O) groups is 2. The molecule has 2 rings (SSSR count).